The minimum atomic E-state index is -0.0196. The number of hydrogen-bond donors (Lipinski definition) is 1. The zero-order chi connectivity index (χ0) is 13.7. The molecule has 2 N–H and O–H groups in total. The molecule has 0 aliphatic rings. The number of anilines is 2. The summed E-state index contributed by atoms with van der Waals surface area (Å²) in [6, 6.07) is 2.26. The van der Waals surface area contributed by atoms with Crippen molar-refractivity contribution >= 4 is 11.5 Å². The summed E-state index contributed by atoms with van der Waals surface area (Å²) in [5.74, 6) is 0.914. The lowest BCUT2D eigenvalue weighted by atomic mass is 10.2. The molecule has 18 heavy (non-hydrogen) atoms. The van der Waals surface area contributed by atoms with Gasteiger partial charge in [-0.05, 0) is 20.3 Å². The maximum absolute atomic E-state index is 8.92. The number of nitrogens with two attached hydrogens (primary N) is 1. The molecule has 1 rings (SSSR count). The van der Waals surface area contributed by atoms with E-state index in [1.807, 2.05) is 18.7 Å². The second-order valence-corrected chi connectivity index (χ2v) is 4.63. The molecular formula is C13H23N5. The van der Waals surface area contributed by atoms with Crippen LogP contribution in [0.25, 0.3) is 0 Å². The van der Waals surface area contributed by atoms with Gasteiger partial charge in [-0.25, -0.2) is 0 Å². The molecule has 0 saturated heterocycles. The fourth-order valence-electron chi connectivity index (χ4n) is 2.12. The molecular weight excluding hydrogens is 226 g/mol. The highest BCUT2D eigenvalue weighted by molar-refractivity contribution is 5.66. The van der Waals surface area contributed by atoms with Crippen LogP contribution in [-0.4, -0.2) is 22.9 Å². The van der Waals surface area contributed by atoms with E-state index in [-0.39, 0.29) is 5.92 Å². The smallest absolute Gasteiger partial charge is 0.150 e. The van der Waals surface area contributed by atoms with E-state index in [0.29, 0.717) is 6.54 Å². The van der Waals surface area contributed by atoms with Crippen LogP contribution in [-0.2, 0) is 13.5 Å². The number of nitriles is 1. The molecule has 0 amide bonds. The molecule has 0 aliphatic carbocycles. The van der Waals surface area contributed by atoms with E-state index in [9.17, 15) is 0 Å². The Kier molecular flexibility index (Phi) is 5.02. The summed E-state index contributed by atoms with van der Waals surface area (Å²) in [7, 11) is 1.91. The Labute approximate surface area is 109 Å². The van der Waals surface area contributed by atoms with E-state index < -0.39 is 0 Å². The lowest BCUT2D eigenvalue weighted by Gasteiger charge is -2.24. The summed E-state index contributed by atoms with van der Waals surface area (Å²) in [5.41, 5.74) is 7.89. The normalized spacial score (nSPS) is 12.2. The number of aryl methyl sites for hydroxylation is 2. The highest BCUT2D eigenvalue weighted by Crippen LogP contribution is 2.27. The van der Waals surface area contributed by atoms with Gasteiger partial charge < -0.3 is 10.6 Å². The third-order valence-corrected chi connectivity index (χ3v) is 3.01. The van der Waals surface area contributed by atoms with Crippen molar-refractivity contribution in [2.24, 2.45) is 13.0 Å². The van der Waals surface area contributed by atoms with Gasteiger partial charge in [0, 0.05) is 20.1 Å². The molecule has 5 heteroatoms. The van der Waals surface area contributed by atoms with E-state index in [2.05, 4.69) is 29.9 Å². The van der Waals surface area contributed by atoms with Gasteiger partial charge in [-0.1, -0.05) is 13.3 Å². The molecule has 1 unspecified atom stereocenters. The predicted molar refractivity (Wildman–Crippen MR) is 74.3 cm³/mol. The summed E-state index contributed by atoms with van der Waals surface area (Å²) in [4.78, 5) is 2.12. The van der Waals surface area contributed by atoms with Crippen molar-refractivity contribution in [3.63, 3.8) is 0 Å². The first kappa shape index (κ1) is 14.4. The maximum atomic E-state index is 8.92. The molecule has 0 fully saturated rings. The van der Waals surface area contributed by atoms with Crippen LogP contribution in [0.5, 0.6) is 0 Å². The predicted octanol–water partition coefficient (Wildman–Crippen LogP) is 1.94. The van der Waals surface area contributed by atoms with Gasteiger partial charge in [0.1, 0.15) is 5.82 Å². The molecule has 1 atom stereocenters. The summed E-state index contributed by atoms with van der Waals surface area (Å²) < 4.78 is 1.83. The Bertz CT molecular complexity index is 429. The fourth-order valence-corrected chi connectivity index (χ4v) is 2.12. The van der Waals surface area contributed by atoms with E-state index in [4.69, 9.17) is 11.0 Å². The van der Waals surface area contributed by atoms with Crippen molar-refractivity contribution < 1.29 is 0 Å². The largest absolute Gasteiger partial charge is 0.394 e. The summed E-state index contributed by atoms with van der Waals surface area (Å²) >= 11 is 0. The minimum Gasteiger partial charge on any atom is -0.394 e. The van der Waals surface area contributed by atoms with Gasteiger partial charge >= 0.3 is 0 Å². The van der Waals surface area contributed by atoms with Crippen molar-refractivity contribution in [2.45, 2.75) is 33.6 Å². The van der Waals surface area contributed by atoms with Crippen LogP contribution in [0.15, 0.2) is 0 Å². The Balaban J connectivity index is 3.02. The summed E-state index contributed by atoms with van der Waals surface area (Å²) in [6.07, 6.45) is 1.92. The van der Waals surface area contributed by atoms with Gasteiger partial charge in [-0.15, -0.1) is 0 Å². The van der Waals surface area contributed by atoms with Crippen molar-refractivity contribution in [1.29, 1.82) is 5.26 Å². The van der Waals surface area contributed by atoms with Gasteiger partial charge in [-0.2, -0.15) is 10.4 Å². The molecule has 100 valence electrons. The molecule has 0 aliphatic heterocycles. The standard InChI is InChI=1S/C13H23N5/c1-5-7-11-12(15)13(17(4)16-11)18(6-2)9-10(3)8-14/h10H,5-7,9,15H2,1-4H3. The van der Waals surface area contributed by atoms with Crippen LogP contribution in [0.2, 0.25) is 0 Å². The molecule has 5 nitrogen and oxygen atoms in total. The van der Waals surface area contributed by atoms with Crippen molar-refractivity contribution in [1.82, 2.24) is 9.78 Å². The summed E-state index contributed by atoms with van der Waals surface area (Å²) in [6.45, 7) is 7.60. The quantitative estimate of drug-likeness (QED) is 0.836. The monoisotopic (exact) mass is 249 g/mol. The van der Waals surface area contributed by atoms with Crippen LogP contribution in [0, 0.1) is 17.2 Å². The van der Waals surface area contributed by atoms with Crippen LogP contribution in [0.3, 0.4) is 0 Å². The van der Waals surface area contributed by atoms with Gasteiger partial charge in [0.25, 0.3) is 0 Å². The molecule has 1 aromatic heterocycles. The SMILES string of the molecule is CCCc1nn(C)c(N(CC)CC(C)C#N)c1N. The van der Waals surface area contributed by atoms with Crippen molar-refractivity contribution in [3.05, 3.63) is 5.69 Å². The zero-order valence-corrected chi connectivity index (χ0v) is 11.8. The van der Waals surface area contributed by atoms with Gasteiger partial charge in [-0.3, -0.25) is 4.68 Å². The second-order valence-electron chi connectivity index (χ2n) is 4.63. The topological polar surface area (TPSA) is 70.9 Å². The van der Waals surface area contributed by atoms with Crippen molar-refractivity contribution in [3.8, 4) is 6.07 Å². The Hall–Kier alpha value is -1.70. The minimum absolute atomic E-state index is 0.0196. The Morgan fingerprint density at radius 3 is 2.67 bits per heavy atom. The molecule has 0 bridgehead atoms. The third-order valence-electron chi connectivity index (χ3n) is 3.01. The molecule has 0 aromatic carbocycles. The number of nitrogens with zero attached hydrogens (tertiary/aromatic N) is 4. The first-order valence-corrected chi connectivity index (χ1v) is 6.50. The van der Waals surface area contributed by atoms with E-state index in [0.717, 1.165) is 36.6 Å². The van der Waals surface area contributed by atoms with Gasteiger partial charge in [0.15, 0.2) is 0 Å². The summed E-state index contributed by atoms with van der Waals surface area (Å²) in [5, 5.41) is 13.4. The number of hydrogen-bond acceptors (Lipinski definition) is 4. The van der Waals surface area contributed by atoms with Crippen molar-refractivity contribution in [2.75, 3.05) is 23.7 Å². The first-order chi connectivity index (χ1) is 8.54. The third kappa shape index (κ3) is 2.95. The maximum Gasteiger partial charge on any atom is 0.150 e. The average molecular weight is 249 g/mol. The van der Waals surface area contributed by atoms with Crippen LogP contribution >= 0.6 is 0 Å². The highest BCUT2D eigenvalue weighted by atomic mass is 15.4. The zero-order valence-electron chi connectivity index (χ0n) is 11.8. The highest BCUT2D eigenvalue weighted by Gasteiger charge is 2.19. The molecule has 0 spiro atoms. The lowest BCUT2D eigenvalue weighted by molar-refractivity contribution is 0.647. The Morgan fingerprint density at radius 1 is 1.50 bits per heavy atom. The fraction of sp³-hybridized carbons (Fsp3) is 0.692. The number of nitrogen functional groups attached to an aromatic ring is 1. The van der Waals surface area contributed by atoms with Crippen LogP contribution < -0.4 is 10.6 Å². The van der Waals surface area contributed by atoms with E-state index >= 15 is 0 Å². The van der Waals surface area contributed by atoms with Gasteiger partial charge in [0.05, 0.1) is 23.4 Å². The molecule has 1 aromatic rings. The average Bonchev–Trinajstić information content (AvgIpc) is 2.62. The molecule has 0 radical (unpaired) electrons. The van der Waals surface area contributed by atoms with Crippen LogP contribution in [0.1, 0.15) is 32.9 Å². The molecule has 1 heterocycles. The van der Waals surface area contributed by atoms with E-state index in [1.54, 1.807) is 0 Å². The second kappa shape index (κ2) is 6.29. The lowest BCUT2D eigenvalue weighted by Crippen LogP contribution is -2.30. The number of rotatable bonds is 6. The van der Waals surface area contributed by atoms with Crippen LogP contribution in [0.4, 0.5) is 11.5 Å². The number of aromatic nitrogens is 2. The molecule has 0 saturated carbocycles. The first-order valence-electron chi connectivity index (χ1n) is 6.50. The Morgan fingerprint density at radius 2 is 2.17 bits per heavy atom. The van der Waals surface area contributed by atoms with Gasteiger partial charge in [0.2, 0.25) is 0 Å². The van der Waals surface area contributed by atoms with E-state index in [1.165, 1.54) is 0 Å².